The molecule has 0 saturated carbocycles. The fourth-order valence-electron chi connectivity index (χ4n) is 2.45. The molecule has 122 valence electrons. The Bertz CT molecular complexity index is 928. The number of nitrogens with zero attached hydrogens (tertiary/aromatic N) is 2. The molecule has 0 fully saturated rings. The van der Waals surface area contributed by atoms with Gasteiger partial charge in [-0.3, -0.25) is 4.79 Å². The zero-order valence-corrected chi connectivity index (χ0v) is 13.5. The highest BCUT2D eigenvalue weighted by atomic mass is 16.3. The maximum Gasteiger partial charge on any atom is 0.283 e. The van der Waals surface area contributed by atoms with Crippen LogP contribution in [0.25, 0.3) is 10.9 Å². The lowest BCUT2D eigenvalue weighted by atomic mass is 10.2. The molecule has 3 aromatic rings. The van der Waals surface area contributed by atoms with E-state index < -0.39 is 5.91 Å². The summed E-state index contributed by atoms with van der Waals surface area (Å²) in [5, 5.41) is 21.3. The van der Waals surface area contributed by atoms with Gasteiger partial charge in [-0.2, -0.15) is 0 Å². The van der Waals surface area contributed by atoms with E-state index >= 15 is 0 Å². The molecule has 0 aliphatic carbocycles. The molecule has 3 N–H and O–H groups in total. The van der Waals surface area contributed by atoms with E-state index in [2.05, 4.69) is 20.5 Å². The summed E-state index contributed by atoms with van der Waals surface area (Å²) in [6.07, 6.45) is 0. The van der Waals surface area contributed by atoms with Gasteiger partial charge in [-0.15, -0.1) is 10.2 Å². The second-order valence-electron chi connectivity index (χ2n) is 5.69. The molecule has 2 aromatic carbocycles. The summed E-state index contributed by atoms with van der Waals surface area (Å²) in [5.41, 5.74) is 4.01. The monoisotopic (exact) mass is 322 g/mol. The smallest absolute Gasteiger partial charge is 0.283 e. The zero-order chi connectivity index (χ0) is 17.1. The number of aryl methyl sites for hydroxylation is 2. The molecule has 0 unspecified atom stereocenters. The Labute approximate surface area is 139 Å². The first-order valence-electron chi connectivity index (χ1n) is 7.59. The largest absolute Gasteiger partial charge is 0.493 e. The molecule has 0 saturated heterocycles. The lowest BCUT2D eigenvalue weighted by Gasteiger charge is -2.03. The average Bonchev–Trinajstić information content (AvgIpc) is 2.86. The third-order valence-electron chi connectivity index (χ3n) is 3.63. The number of nitrogens with one attached hydrogen (secondary N) is 2. The number of aromatic hydroxyl groups is 1. The number of hydrogen-bond donors (Lipinski definition) is 3. The van der Waals surface area contributed by atoms with Crippen molar-refractivity contribution in [2.45, 2.75) is 13.8 Å². The molecule has 0 aliphatic heterocycles. The van der Waals surface area contributed by atoms with Crippen LogP contribution in [0.15, 0.2) is 52.7 Å². The first kappa shape index (κ1) is 15.7. The van der Waals surface area contributed by atoms with Crippen molar-refractivity contribution in [3.8, 4) is 5.88 Å². The molecular formula is C18H18N4O2. The zero-order valence-electron chi connectivity index (χ0n) is 13.5. The second kappa shape index (κ2) is 6.54. The fraction of sp³-hybridized carbons (Fsp3) is 0.167. The van der Waals surface area contributed by atoms with Gasteiger partial charge in [-0.25, -0.2) is 0 Å². The van der Waals surface area contributed by atoms with E-state index in [-0.39, 0.29) is 18.1 Å². The number of fused-ring (bicyclic) bond motifs is 1. The van der Waals surface area contributed by atoms with E-state index in [4.69, 9.17) is 0 Å². The Morgan fingerprint density at radius 1 is 1.17 bits per heavy atom. The number of rotatable bonds is 4. The van der Waals surface area contributed by atoms with Gasteiger partial charge in [-0.1, -0.05) is 23.8 Å². The molecule has 0 aliphatic rings. The lowest BCUT2D eigenvalue weighted by molar-refractivity contribution is -0.116. The number of amides is 1. The van der Waals surface area contributed by atoms with Gasteiger partial charge >= 0.3 is 0 Å². The van der Waals surface area contributed by atoms with Crippen molar-refractivity contribution in [3.05, 3.63) is 53.6 Å². The summed E-state index contributed by atoms with van der Waals surface area (Å²) in [5.74, 6) is -0.517. The van der Waals surface area contributed by atoms with Crippen molar-refractivity contribution in [2.75, 3.05) is 11.9 Å². The van der Waals surface area contributed by atoms with E-state index in [1.54, 1.807) is 0 Å². The Hall–Kier alpha value is -3.15. The maximum absolute atomic E-state index is 11.9. The van der Waals surface area contributed by atoms with Gasteiger partial charge in [0, 0.05) is 11.1 Å². The van der Waals surface area contributed by atoms with Crippen LogP contribution < -0.4 is 5.32 Å². The van der Waals surface area contributed by atoms with Gasteiger partial charge in [-0.05, 0) is 43.7 Å². The molecule has 24 heavy (non-hydrogen) atoms. The maximum atomic E-state index is 11.9. The summed E-state index contributed by atoms with van der Waals surface area (Å²) >= 11 is 0. The molecule has 0 radical (unpaired) electrons. The number of aromatic amines is 1. The van der Waals surface area contributed by atoms with E-state index in [1.165, 1.54) is 0 Å². The predicted molar refractivity (Wildman–Crippen MR) is 93.9 cm³/mol. The molecule has 1 heterocycles. The van der Waals surface area contributed by atoms with E-state index in [0.29, 0.717) is 0 Å². The molecule has 6 nitrogen and oxygen atoms in total. The Balaban J connectivity index is 1.72. The molecule has 1 aromatic heterocycles. The van der Waals surface area contributed by atoms with Crippen LogP contribution in [0, 0.1) is 13.8 Å². The van der Waals surface area contributed by atoms with Crippen molar-refractivity contribution in [1.29, 1.82) is 0 Å². The number of anilines is 1. The summed E-state index contributed by atoms with van der Waals surface area (Å²) in [7, 11) is 0. The fourth-order valence-corrected chi connectivity index (χ4v) is 2.45. The van der Waals surface area contributed by atoms with Gasteiger partial charge in [0.15, 0.2) is 5.69 Å². The van der Waals surface area contributed by atoms with Crippen LogP contribution in [0.2, 0.25) is 0 Å². The predicted octanol–water partition coefficient (Wildman–Crippen LogP) is 4.21. The number of benzene rings is 2. The average molecular weight is 322 g/mol. The molecule has 3 rings (SSSR count). The van der Waals surface area contributed by atoms with Gasteiger partial charge in [0.25, 0.3) is 5.91 Å². The Morgan fingerprint density at radius 3 is 2.75 bits per heavy atom. The van der Waals surface area contributed by atoms with Crippen molar-refractivity contribution in [3.63, 3.8) is 0 Å². The van der Waals surface area contributed by atoms with Gasteiger partial charge in [0.2, 0.25) is 5.88 Å². The summed E-state index contributed by atoms with van der Waals surface area (Å²) < 4.78 is 0. The topological polar surface area (TPSA) is 89.8 Å². The first-order chi connectivity index (χ1) is 11.5. The van der Waals surface area contributed by atoms with Crippen molar-refractivity contribution >= 4 is 28.2 Å². The van der Waals surface area contributed by atoms with Crippen molar-refractivity contribution in [2.24, 2.45) is 10.2 Å². The number of carbonyl (C=O) groups excluding carboxylic acids is 1. The summed E-state index contributed by atoms with van der Waals surface area (Å²) in [6.45, 7) is 3.96. The van der Waals surface area contributed by atoms with Crippen LogP contribution in [0.1, 0.15) is 11.1 Å². The number of H-pyrrole nitrogens is 1. The van der Waals surface area contributed by atoms with Crippen LogP contribution >= 0.6 is 0 Å². The molecule has 6 heteroatoms. The standard InChI is InChI=1S/C18H18N4O2/c1-11-4-3-5-13(8-11)19-10-16(23)21-22-17-14-9-12(2)6-7-15(14)20-18(17)24/h3-9,19-20,24H,10H2,1-2H3. The summed E-state index contributed by atoms with van der Waals surface area (Å²) in [6, 6.07) is 13.4. The molecule has 0 atom stereocenters. The second-order valence-corrected chi connectivity index (χ2v) is 5.69. The molecular weight excluding hydrogens is 304 g/mol. The van der Waals surface area contributed by atoms with Crippen LogP contribution in [0.5, 0.6) is 5.88 Å². The lowest BCUT2D eigenvalue weighted by Crippen LogP contribution is -2.10. The van der Waals surface area contributed by atoms with Crippen LogP contribution in [-0.2, 0) is 4.79 Å². The third kappa shape index (κ3) is 3.43. The quantitative estimate of drug-likeness (QED) is 0.628. The van der Waals surface area contributed by atoms with Crippen molar-refractivity contribution in [1.82, 2.24) is 4.98 Å². The minimum atomic E-state index is -0.419. The van der Waals surface area contributed by atoms with E-state index in [9.17, 15) is 9.90 Å². The minimum absolute atomic E-state index is 0.0368. The van der Waals surface area contributed by atoms with Crippen LogP contribution in [0.4, 0.5) is 11.4 Å². The minimum Gasteiger partial charge on any atom is -0.493 e. The van der Waals surface area contributed by atoms with Gasteiger partial charge in [0.1, 0.15) is 0 Å². The number of hydrogen-bond acceptors (Lipinski definition) is 4. The highest BCUT2D eigenvalue weighted by Gasteiger charge is 2.11. The highest BCUT2D eigenvalue weighted by molar-refractivity contribution is 5.95. The molecule has 1 amide bonds. The van der Waals surface area contributed by atoms with Crippen molar-refractivity contribution < 1.29 is 9.90 Å². The Kier molecular flexibility index (Phi) is 4.29. The molecule has 0 spiro atoms. The Morgan fingerprint density at radius 2 is 1.96 bits per heavy atom. The summed E-state index contributed by atoms with van der Waals surface area (Å²) in [4.78, 5) is 14.7. The highest BCUT2D eigenvalue weighted by Crippen LogP contribution is 2.35. The number of aromatic nitrogens is 1. The van der Waals surface area contributed by atoms with Gasteiger partial charge in [0.05, 0.1) is 12.1 Å². The number of carbonyl (C=O) groups is 1. The van der Waals surface area contributed by atoms with Crippen LogP contribution in [0.3, 0.4) is 0 Å². The van der Waals surface area contributed by atoms with Crippen LogP contribution in [-0.4, -0.2) is 22.5 Å². The first-order valence-corrected chi connectivity index (χ1v) is 7.59. The number of azo groups is 1. The SMILES string of the molecule is Cc1cccc(NCC(=O)N=Nc2c(O)[nH]c3ccc(C)cc23)c1. The third-order valence-corrected chi connectivity index (χ3v) is 3.63. The van der Waals surface area contributed by atoms with E-state index in [0.717, 1.165) is 27.7 Å². The normalized spacial score (nSPS) is 11.2. The van der Waals surface area contributed by atoms with Gasteiger partial charge < -0.3 is 15.4 Å². The van der Waals surface area contributed by atoms with E-state index in [1.807, 2.05) is 56.3 Å². The molecule has 0 bridgehead atoms.